The standard InChI is InChI=1S/C12H14FN3O3.ClH/c13-8-1-2-11(16(18)19)10(7-8)12(17)15-5-3-9(14)4-6-15;/h1-2,7,9H,3-6,14H2;1H. The van der Waals surface area contributed by atoms with Crippen LogP contribution < -0.4 is 5.73 Å². The van der Waals surface area contributed by atoms with Crippen molar-refractivity contribution < 1.29 is 14.1 Å². The maximum atomic E-state index is 13.2. The first-order valence-corrected chi connectivity index (χ1v) is 5.98. The van der Waals surface area contributed by atoms with Crippen LogP contribution in [0.1, 0.15) is 23.2 Å². The van der Waals surface area contributed by atoms with Gasteiger partial charge in [0.2, 0.25) is 0 Å². The molecule has 1 saturated heterocycles. The number of benzene rings is 1. The molecule has 1 heterocycles. The Bertz CT molecular complexity index is 519. The van der Waals surface area contributed by atoms with E-state index in [-0.39, 0.29) is 29.7 Å². The number of nitro benzene ring substituents is 1. The van der Waals surface area contributed by atoms with Gasteiger partial charge in [0.25, 0.3) is 11.6 Å². The fourth-order valence-corrected chi connectivity index (χ4v) is 2.11. The van der Waals surface area contributed by atoms with Crippen molar-refractivity contribution >= 4 is 24.0 Å². The van der Waals surface area contributed by atoms with Gasteiger partial charge in [-0.15, -0.1) is 12.4 Å². The number of halogens is 2. The van der Waals surface area contributed by atoms with Crippen LogP contribution in [0, 0.1) is 15.9 Å². The zero-order valence-corrected chi connectivity index (χ0v) is 11.4. The first kappa shape index (κ1) is 16.3. The van der Waals surface area contributed by atoms with Crippen molar-refractivity contribution in [3.8, 4) is 0 Å². The summed E-state index contributed by atoms with van der Waals surface area (Å²) >= 11 is 0. The molecular formula is C12H15ClFN3O3. The predicted molar refractivity (Wildman–Crippen MR) is 73.4 cm³/mol. The molecule has 2 N–H and O–H groups in total. The molecule has 1 aromatic rings. The number of nitro groups is 1. The van der Waals surface area contributed by atoms with Crippen LogP contribution in [0.2, 0.25) is 0 Å². The monoisotopic (exact) mass is 303 g/mol. The summed E-state index contributed by atoms with van der Waals surface area (Å²) in [7, 11) is 0. The minimum Gasteiger partial charge on any atom is -0.338 e. The first-order chi connectivity index (χ1) is 8.99. The molecule has 1 aliphatic heterocycles. The van der Waals surface area contributed by atoms with Crippen molar-refractivity contribution in [1.29, 1.82) is 0 Å². The number of nitrogens with two attached hydrogens (primary N) is 1. The predicted octanol–water partition coefficient (Wildman–Crippen LogP) is 1.72. The highest BCUT2D eigenvalue weighted by Gasteiger charge is 2.27. The average molecular weight is 304 g/mol. The molecule has 20 heavy (non-hydrogen) atoms. The number of rotatable bonds is 2. The quantitative estimate of drug-likeness (QED) is 0.665. The molecule has 0 atom stereocenters. The number of amides is 1. The van der Waals surface area contributed by atoms with Crippen molar-refractivity contribution in [2.75, 3.05) is 13.1 Å². The molecular weight excluding hydrogens is 289 g/mol. The number of carbonyl (C=O) groups is 1. The minimum atomic E-state index is -0.678. The smallest absolute Gasteiger partial charge is 0.282 e. The molecule has 0 spiro atoms. The molecule has 0 radical (unpaired) electrons. The molecule has 0 aromatic heterocycles. The highest BCUT2D eigenvalue weighted by Crippen LogP contribution is 2.22. The molecule has 0 bridgehead atoms. The summed E-state index contributed by atoms with van der Waals surface area (Å²) < 4.78 is 13.2. The van der Waals surface area contributed by atoms with Crippen molar-refractivity contribution in [3.63, 3.8) is 0 Å². The number of piperidine rings is 1. The third kappa shape index (κ3) is 3.43. The van der Waals surface area contributed by atoms with Crippen LogP contribution in [0.15, 0.2) is 18.2 Å². The maximum Gasteiger partial charge on any atom is 0.282 e. The van der Waals surface area contributed by atoms with Crippen molar-refractivity contribution in [3.05, 3.63) is 39.7 Å². The van der Waals surface area contributed by atoms with Gasteiger partial charge in [-0.25, -0.2) is 4.39 Å². The van der Waals surface area contributed by atoms with Crippen molar-refractivity contribution in [2.45, 2.75) is 18.9 Å². The van der Waals surface area contributed by atoms with Crippen LogP contribution in [0.5, 0.6) is 0 Å². The SMILES string of the molecule is Cl.NC1CCN(C(=O)c2cc(F)ccc2[N+](=O)[O-])CC1. The molecule has 0 aliphatic carbocycles. The Balaban J connectivity index is 0.00000200. The molecule has 2 rings (SSSR count). The van der Waals surface area contributed by atoms with Gasteiger partial charge in [0.1, 0.15) is 11.4 Å². The van der Waals surface area contributed by atoms with Crippen molar-refractivity contribution in [2.24, 2.45) is 5.73 Å². The van der Waals surface area contributed by atoms with E-state index in [0.717, 1.165) is 18.2 Å². The van der Waals surface area contributed by atoms with E-state index in [2.05, 4.69) is 0 Å². The number of hydrogen-bond acceptors (Lipinski definition) is 4. The summed E-state index contributed by atoms with van der Waals surface area (Å²) in [5.74, 6) is -1.18. The van der Waals surface area contributed by atoms with Crippen LogP contribution in [0.25, 0.3) is 0 Å². The average Bonchev–Trinajstić information content (AvgIpc) is 2.38. The first-order valence-electron chi connectivity index (χ1n) is 5.98. The fourth-order valence-electron chi connectivity index (χ4n) is 2.11. The van der Waals surface area contributed by atoms with Gasteiger partial charge in [-0.1, -0.05) is 0 Å². The van der Waals surface area contributed by atoms with Crippen LogP contribution in [-0.2, 0) is 0 Å². The zero-order valence-electron chi connectivity index (χ0n) is 10.6. The van der Waals surface area contributed by atoms with E-state index in [4.69, 9.17) is 5.73 Å². The second-order valence-electron chi connectivity index (χ2n) is 4.55. The lowest BCUT2D eigenvalue weighted by molar-refractivity contribution is -0.385. The third-order valence-electron chi connectivity index (χ3n) is 3.21. The normalized spacial score (nSPS) is 15.6. The Labute approximate surface area is 121 Å². The molecule has 0 saturated carbocycles. The van der Waals surface area contributed by atoms with Gasteiger partial charge in [-0.3, -0.25) is 14.9 Å². The molecule has 1 fully saturated rings. The van der Waals surface area contributed by atoms with Crippen molar-refractivity contribution in [1.82, 2.24) is 4.90 Å². The lowest BCUT2D eigenvalue weighted by Gasteiger charge is -2.30. The van der Waals surface area contributed by atoms with Gasteiger partial charge in [0, 0.05) is 25.2 Å². The van der Waals surface area contributed by atoms with Gasteiger partial charge in [0.15, 0.2) is 0 Å². The Kier molecular flexibility index (Phi) is 5.41. The second-order valence-corrected chi connectivity index (χ2v) is 4.55. The summed E-state index contributed by atoms with van der Waals surface area (Å²) in [4.78, 5) is 23.9. The Morgan fingerprint density at radius 1 is 1.40 bits per heavy atom. The van der Waals surface area contributed by atoms with Gasteiger partial charge in [-0.05, 0) is 25.0 Å². The molecule has 1 amide bonds. The van der Waals surface area contributed by atoms with Gasteiger partial charge in [-0.2, -0.15) is 0 Å². The Morgan fingerprint density at radius 3 is 2.55 bits per heavy atom. The van der Waals surface area contributed by atoms with E-state index in [9.17, 15) is 19.3 Å². The van der Waals surface area contributed by atoms with E-state index in [0.29, 0.717) is 25.9 Å². The Hall–Kier alpha value is -1.73. The Morgan fingerprint density at radius 2 is 2.00 bits per heavy atom. The third-order valence-corrected chi connectivity index (χ3v) is 3.21. The highest BCUT2D eigenvalue weighted by molar-refractivity contribution is 5.98. The molecule has 110 valence electrons. The van der Waals surface area contributed by atoms with Crippen LogP contribution in [-0.4, -0.2) is 34.9 Å². The van der Waals surface area contributed by atoms with Crippen LogP contribution in [0.4, 0.5) is 10.1 Å². The molecule has 1 aromatic carbocycles. The van der Waals surface area contributed by atoms with E-state index in [1.54, 1.807) is 0 Å². The summed E-state index contributed by atoms with van der Waals surface area (Å²) in [5, 5.41) is 10.9. The largest absolute Gasteiger partial charge is 0.338 e. The number of nitrogens with zero attached hydrogens (tertiary/aromatic N) is 2. The van der Waals surface area contributed by atoms with E-state index in [1.165, 1.54) is 4.90 Å². The van der Waals surface area contributed by atoms with Gasteiger partial charge < -0.3 is 10.6 Å². The second kappa shape index (κ2) is 6.62. The number of likely N-dealkylation sites (tertiary alicyclic amines) is 1. The number of carbonyl (C=O) groups excluding carboxylic acids is 1. The zero-order chi connectivity index (χ0) is 14.0. The van der Waals surface area contributed by atoms with Crippen LogP contribution >= 0.6 is 12.4 Å². The maximum absolute atomic E-state index is 13.2. The van der Waals surface area contributed by atoms with E-state index < -0.39 is 16.6 Å². The molecule has 1 aliphatic rings. The summed E-state index contributed by atoms with van der Waals surface area (Å²) in [5.41, 5.74) is 5.15. The lowest BCUT2D eigenvalue weighted by atomic mass is 10.0. The number of hydrogen-bond donors (Lipinski definition) is 1. The minimum absolute atomic E-state index is 0. The summed E-state index contributed by atoms with van der Waals surface area (Å²) in [6, 6.07) is 2.94. The fraction of sp³-hybridized carbons (Fsp3) is 0.417. The summed E-state index contributed by atoms with van der Waals surface area (Å²) in [6.45, 7) is 0.876. The molecule has 8 heteroatoms. The topological polar surface area (TPSA) is 89.5 Å². The highest BCUT2D eigenvalue weighted by atomic mass is 35.5. The molecule has 0 unspecified atom stereocenters. The van der Waals surface area contributed by atoms with Gasteiger partial charge >= 0.3 is 0 Å². The van der Waals surface area contributed by atoms with E-state index in [1.807, 2.05) is 0 Å². The van der Waals surface area contributed by atoms with Crippen LogP contribution in [0.3, 0.4) is 0 Å². The van der Waals surface area contributed by atoms with Gasteiger partial charge in [0.05, 0.1) is 4.92 Å². The lowest BCUT2D eigenvalue weighted by Crippen LogP contribution is -2.43. The van der Waals surface area contributed by atoms with E-state index >= 15 is 0 Å². The summed E-state index contributed by atoms with van der Waals surface area (Å²) in [6.07, 6.45) is 1.30. The molecule has 6 nitrogen and oxygen atoms in total.